The van der Waals surface area contributed by atoms with Gasteiger partial charge in [-0.2, -0.15) is 13.2 Å². The van der Waals surface area contributed by atoms with E-state index in [2.05, 4.69) is 9.97 Å². The van der Waals surface area contributed by atoms with Crippen molar-refractivity contribution in [3.05, 3.63) is 52.7 Å². The number of aromatic nitrogens is 2. The SMILES string of the molecule is CC1CC(=O)c2ncnc(N3CCN(C(=O)C(CN)c4ccc(C(F)(F)F)cc4F)CC3)c21. The highest BCUT2D eigenvalue weighted by Gasteiger charge is 2.36. The molecule has 2 atom stereocenters. The predicted molar refractivity (Wildman–Crippen MR) is 111 cm³/mol. The van der Waals surface area contributed by atoms with Gasteiger partial charge < -0.3 is 15.5 Å². The molecule has 11 heteroatoms. The average Bonchev–Trinajstić information content (AvgIpc) is 3.08. The summed E-state index contributed by atoms with van der Waals surface area (Å²) in [4.78, 5) is 37.2. The highest BCUT2D eigenvalue weighted by atomic mass is 19.4. The van der Waals surface area contributed by atoms with Crippen LogP contribution in [0.1, 0.15) is 52.4 Å². The van der Waals surface area contributed by atoms with Crippen LogP contribution >= 0.6 is 0 Å². The second kappa shape index (κ2) is 8.69. The minimum atomic E-state index is -4.68. The summed E-state index contributed by atoms with van der Waals surface area (Å²) in [5.74, 6) is -1.96. The van der Waals surface area contributed by atoms with Gasteiger partial charge in [0.05, 0.1) is 11.5 Å². The number of amides is 1. The fourth-order valence-electron chi connectivity index (χ4n) is 4.50. The summed E-state index contributed by atoms with van der Waals surface area (Å²) in [6.07, 6.45) is -2.93. The number of benzene rings is 1. The van der Waals surface area contributed by atoms with E-state index in [0.29, 0.717) is 50.2 Å². The van der Waals surface area contributed by atoms with E-state index in [1.165, 1.54) is 11.2 Å². The van der Waals surface area contributed by atoms with E-state index in [-0.39, 0.29) is 23.8 Å². The smallest absolute Gasteiger partial charge is 0.353 e. The van der Waals surface area contributed by atoms with Crippen LogP contribution in [0.4, 0.5) is 23.4 Å². The molecule has 33 heavy (non-hydrogen) atoms. The zero-order valence-corrected chi connectivity index (χ0v) is 17.9. The Balaban J connectivity index is 1.48. The molecule has 2 aliphatic rings. The molecule has 176 valence electrons. The Labute approximate surface area is 187 Å². The van der Waals surface area contributed by atoms with Gasteiger partial charge in [0.25, 0.3) is 0 Å². The number of carbonyl (C=O) groups excluding carboxylic acids is 2. The van der Waals surface area contributed by atoms with Gasteiger partial charge >= 0.3 is 6.18 Å². The summed E-state index contributed by atoms with van der Waals surface area (Å²) < 4.78 is 53.0. The van der Waals surface area contributed by atoms with Crippen molar-refractivity contribution in [3.8, 4) is 0 Å². The quantitative estimate of drug-likeness (QED) is 0.699. The molecule has 2 N–H and O–H groups in total. The molecule has 2 unspecified atom stereocenters. The molecular weight excluding hydrogens is 442 g/mol. The van der Waals surface area contributed by atoms with Crippen molar-refractivity contribution in [2.24, 2.45) is 5.73 Å². The van der Waals surface area contributed by atoms with Crippen molar-refractivity contribution < 1.29 is 27.2 Å². The number of nitrogens with two attached hydrogens (primary N) is 1. The van der Waals surface area contributed by atoms with Crippen LogP contribution in [-0.2, 0) is 11.0 Å². The summed E-state index contributed by atoms with van der Waals surface area (Å²) in [6, 6.07) is 2.12. The number of anilines is 1. The van der Waals surface area contributed by atoms with Gasteiger partial charge in [-0.1, -0.05) is 13.0 Å². The molecule has 0 radical (unpaired) electrons. The Bertz CT molecular complexity index is 1080. The van der Waals surface area contributed by atoms with Gasteiger partial charge in [0.15, 0.2) is 5.78 Å². The van der Waals surface area contributed by atoms with E-state index in [0.717, 1.165) is 17.7 Å². The molecule has 2 heterocycles. The number of nitrogens with zero attached hydrogens (tertiary/aromatic N) is 4. The maximum absolute atomic E-state index is 14.4. The summed E-state index contributed by atoms with van der Waals surface area (Å²) in [7, 11) is 0. The first-order valence-corrected chi connectivity index (χ1v) is 10.6. The van der Waals surface area contributed by atoms with Gasteiger partial charge in [0.2, 0.25) is 5.91 Å². The molecule has 1 fully saturated rings. The third kappa shape index (κ3) is 4.29. The number of hydrogen-bond donors (Lipinski definition) is 1. The second-order valence-electron chi connectivity index (χ2n) is 8.32. The number of Topliss-reactive ketones (excluding diaryl/α,β-unsaturated/α-hetero) is 1. The lowest BCUT2D eigenvalue weighted by Crippen LogP contribution is -2.51. The number of hydrogen-bond acceptors (Lipinski definition) is 6. The fraction of sp³-hybridized carbons (Fsp3) is 0.455. The first-order chi connectivity index (χ1) is 15.6. The summed E-state index contributed by atoms with van der Waals surface area (Å²) in [5.41, 5.74) is 5.69. The van der Waals surface area contributed by atoms with Gasteiger partial charge in [-0.25, -0.2) is 14.4 Å². The molecule has 1 aliphatic carbocycles. The van der Waals surface area contributed by atoms with Crippen LogP contribution in [0.2, 0.25) is 0 Å². The lowest BCUT2D eigenvalue weighted by molar-refractivity contribution is -0.137. The van der Waals surface area contributed by atoms with Crippen molar-refractivity contribution >= 4 is 17.5 Å². The number of halogens is 4. The lowest BCUT2D eigenvalue weighted by Gasteiger charge is -2.37. The molecular formula is C22H23F4N5O2. The van der Waals surface area contributed by atoms with Crippen LogP contribution in [0.15, 0.2) is 24.5 Å². The average molecular weight is 465 g/mol. The van der Waals surface area contributed by atoms with Crippen molar-refractivity contribution in [3.63, 3.8) is 0 Å². The number of fused-ring (bicyclic) bond motifs is 1. The molecule has 4 rings (SSSR count). The van der Waals surface area contributed by atoms with Gasteiger partial charge in [0, 0.05) is 50.3 Å². The highest BCUT2D eigenvalue weighted by molar-refractivity contribution is 6.00. The van der Waals surface area contributed by atoms with E-state index < -0.39 is 29.4 Å². The number of piperazine rings is 1. The topological polar surface area (TPSA) is 92.4 Å². The van der Waals surface area contributed by atoms with E-state index in [4.69, 9.17) is 5.73 Å². The minimum Gasteiger partial charge on any atom is -0.353 e. The molecule has 0 spiro atoms. The van der Waals surface area contributed by atoms with Crippen LogP contribution in [0, 0.1) is 5.82 Å². The maximum Gasteiger partial charge on any atom is 0.416 e. The molecule has 0 saturated carbocycles. The Morgan fingerprint density at radius 1 is 1.21 bits per heavy atom. The third-order valence-corrected chi connectivity index (χ3v) is 6.24. The normalized spacial score (nSPS) is 19.6. The van der Waals surface area contributed by atoms with Gasteiger partial charge in [-0.15, -0.1) is 0 Å². The number of ketones is 1. The number of rotatable bonds is 4. The van der Waals surface area contributed by atoms with Crippen molar-refractivity contribution in [2.45, 2.75) is 31.4 Å². The Kier molecular flexibility index (Phi) is 6.08. The van der Waals surface area contributed by atoms with Crippen LogP contribution in [0.3, 0.4) is 0 Å². The Hall–Kier alpha value is -3.08. The zero-order valence-electron chi connectivity index (χ0n) is 17.9. The molecule has 1 aliphatic heterocycles. The zero-order chi connectivity index (χ0) is 23.9. The molecule has 7 nitrogen and oxygen atoms in total. The first-order valence-electron chi connectivity index (χ1n) is 10.6. The molecule has 2 aromatic rings. The molecule has 0 bridgehead atoms. The van der Waals surface area contributed by atoms with Gasteiger partial charge in [-0.3, -0.25) is 9.59 Å². The third-order valence-electron chi connectivity index (χ3n) is 6.24. The van der Waals surface area contributed by atoms with Crippen LogP contribution in [0.5, 0.6) is 0 Å². The second-order valence-corrected chi connectivity index (χ2v) is 8.32. The Morgan fingerprint density at radius 2 is 1.91 bits per heavy atom. The number of alkyl halides is 3. The predicted octanol–water partition coefficient (Wildman–Crippen LogP) is 2.72. The highest BCUT2D eigenvalue weighted by Crippen LogP contribution is 2.37. The first kappa shape index (κ1) is 23.1. The summed E-state index contributed by atoms with van der Waals surface area (Å²) in [5, 5.41) is 0. The van der Waals surface area contributed by atoms with E-state index >= 15 is 0 Å². The minimum absolute atomic E-state index is 0.00706. The standard InChI is InChI=1S/C22H23F4N5O2/c1-12-8-17(32)19-18(12)20(29-11-28-19)30-4-6-31(7-5-30)21(33)15(10-27)14-3-2-13(9-16(14)23)22(24,25)26/h2-3,9,11-12,15H,4-8,10,27H2,1H3. The van der Waals surface area contributed by atoms with E-state index in [1.807, 2.05) is 11.8 Å². The van der Waals surface area contributed by atoms with Gasteiger partial charge in [0.1, 0.15) is 23.7 Å². The van der Waals surface area contributed by atoms with Gasteiger partial charge in [-0.05, 0) is 18.1 Å². The van der Waals surface area contributed by atoms with Crippen molar-refractivity contribution in [2.75, 3.05) is 37.6 Å². The summed E-state index contributed by atoms with van der Waals surface area (Å²) in [6.45, 7) is 3.18. The molecule has 1 amide bonds. The Morgan fingerprint density at radius 3 is 2.52 bits per heavy atom. The van der Waals surface area contributed by atoms with Crippen LogP contribution in [0.25, 0.3) is 0 Å². The van der Waals surface area contributed by atoms with Crippen molar-refractivity contribution in [1.82, 2.24) is 14.9 Å². The number of carbonyl (C=O) groups is 2. The molecule has 1 aromatic heterocycles. The molecule has 1 saturated heterocycles. The lowest BCUT2D eigenvalue weighted by atomic mass is 9.95. The van der Waals surface area contributed by atoms with E-state index in [1.54, 1.807) is 0 Å². The van der Waals surface area contributed by atoms with Crippen LogP contribution < -0.4 is 10.6 Å². The monoisotopic (exact) mass is 465 g/mol. The maximum atomic E-state index is 14.4. The van der Waals surface area contributed by atoms with E-state index in [9.17, 15) is 27.2 Å². The summed E-state index contributed by atoms with van der Waals surface area (Å²) >= 11 is 0. The van der Waals surface area contributed by atoms with Crippen molar-refractivity contribution in [1.29, 1.82) is 0 Å². The van der Waals surface area contributed by atoms with Crippen LogP contribution in [-0.4, -0.2) is 59.3 Å². The molecule has 1 aromatic carbocycles. The fourth-order valence-corrected chi connectivity index (χ4v) is 4.50. The largest absolute Gasteiger partial charge is 0.416 e.